The van der Waals surface area contributed by atoms with Crippen LogP contribution in [0.2, 0.25) is 0 Å². The zero-order chi connectivity index (χ0) is 19.7. The van der Waals surface area contributed by atoms with E-state index in [0.29, 0.717) is 12.2 Å². The van der Waals surface area contributed by atoms with Gasteiger partial charge in [-0.25, -0.2) is 4.79 Å². The van der Waals surface area contributed by atoms with Gasteiger partial charge in [0, 0.05) is 27.4 Å². The molecule has 1 aliphatic rings. The minimum absolute atomic E-state index is 0.125. The van der Waals surface area contributed by atoms with Crippen molar-refractivity contribution in [2.24, 2.45) is 0 Å². The largest absolute Gasteiger partial charge is 0.464 e. The molecule has 1 unspecified atom stereocenters. The van der Waals surface area contributed by atoms with Gasteiger partial charge >= 0.3 is 5.97 Å². The summed E-state index contributed by atoms with van der Waals surface area (Å²) in [6.07, 6.45) is 0.965. The summed E-state index contributed by atoms with van der Waals surface area (Å²) in [5.74, 6) is -0.637. The van der Waals surface area contributed by atoms with Crippen LogP contribution in [0.15, 0.2) is 46.9 Å². The fourth-order valence-corrected chi connectivity index (χ4v) is 4.11. The van der Waals surface area contributed by atoms with Crippen LogP contribution in [0, 0.1) is 0 Å². The van der Waals surface area contributed by atoms with Gasteiger partial charge < -0.3 is 19.9 Å². The number of carbonyl (C=O) groups is 2. The highest BCUT2D eigenvalue weighted by Gasteiger charge is 2.24. The zero-order valence-corrected chi connectivity index (χ0v) is 17.1. The van der Waals surface area contributed by atoms with Crippen LogP contribution >= 0.6 is 15.9 Å². The summed E-state index contributed by atoms with van der Waals surface area (Å²) in [7, 11) is 1.32. The third-order valence-corrected chi connectivity index (χ3v) is 5.63. The highest BCUT2D eigenvalue weighted by atomic mass is 79.9. The van der Waals surface area contributed by atoms with Gasteiger partial charge in [0.25, 0.3) is 5.91 Å². The lowest BCUT2D eigenvalue weighted by molar-refractivity contribution is -0.907. The van der Waals surface area contributed by atoms with E-state index in [1.807, 2.05) is 24.3 Å². The maximum Gasteiger partial charge on any atom is 0.356 e. The van der Waals surface area contributed by atoms with Gasteiger partial charge in [-0.15, -0.1) is 0 Å². The van der Waals surface area contributed by atoms with E-state index in [4.69, 9.17) is 4.74 Å². The van der Waals surface area contributed by atoms with Gasteiger partial charge in [-0.05, 0) is 23.8 Å². The number of hydrogen-bond donors (Lipinski definition) is 3. The van der Waals surface area contributed by atoms with E-state index in [1.165, 1.54) is 23.1 Å². The second-order valence-electron chi connectivity index (χ2n) is 6.98. The average molecular weight is 443 g/mol. The number of fused-ring (bicyclic) bond motifs is 2. The van der Waals surface area contributed by atoms with Crippen LogP contribution in [0.5, 0.6) is 0 Å². The molecule has 0 saturated carbocycles. The van der Waals surface area contributed by atoms with E-state index in [0.717, 1.165) is 34.9 Å². The van der Waals surface area contributed by atoms with Crippen molar-refractivity contribution >= 4 is 44.4 Å². The second-order valence-corrected chi connectivity index (χ2v) is 7.89. The maximum absolute atomic E-state index is 12.8. The Bertz CT molecular complexity index is 1060. The molecule has 1 amide bonds. The molecule has 6 nitrogen and oxygen atoms in total. The predicted molar refractivity (Wildman–Crippen MR) is 111 cm³/mol. The van der Waals surface area contributed by atoms with Crippen molar-refractivity contribution in [3.63, 3.8) is 0 Å². The summed E-state index contributed by atoms with van der Waals surface area (Å²) in [5.41, 5.74) is 4.13. The maximum atomic E-state index is 12.8. The van der Waals surface area contributed by atoms with Crippen molar-refractivity contribution in [2.45, 2.75) is 13.0 Å². The molecule has 0 aliphatic carbocycles. The van der Waals surface area contributed by atoms with E-state index in [1.54, 1.807) is 0 Å². The molecule has 144 valence electrons. The normalized spacial score (nSPS) is 15.9. The van der Waals surface area contributed by atoms with Crippen molar-refractivity contribution < 1.29 is 19.2 Å². The first-order valence-corrected chi connectivity index (χ1v) is 9.94. The number of halogens is 1. The number of amides is 1. The number of hydrogen-bond acceptors (Lipinski definition) is 3. The minimum atomic E-state index is -0.512. The molecule has 1 aliphatic heterocycles. The number of esters is 1. The highest BCUT2D eigenvalue weighted by molar-refractivity contribution is 9.10. The number of ether oxygens (including phenoxy) is 1. The number of aromatic amines is 1. The summed E-state index contributed by atoms with van der Waals surface area (Å²) in [6.45, 7) is 2.08. The monoisotopic (exact) mass is 442 g/mol. The smallest absolute Gasteiger partial charge is 0.356 e. The third kappa shape index (κ3) is 3.68. The Morgan fingerprint density at radius 1 is 1.21 bits per heavy atom. The number of carbonyl (C=O) groups excluding carboxylic acids is 2. The molecule has 0 bridgehead atoms. The predicted octanol–water partition coefficient (Wildman–Crippen LogP) is 2.30. The fourth-order valence-electron chi connectivity index (χ4n) is 3.75. The lowest BCUT2D eigenvalue weighted by atomic mass is 10.00. The number of rotatable bonds is 4. The quantitative estimate of drug-likeness (QED) is 0.542. The van der Waals surface area contributed by atoms with Crippen LogP contribution in [0.3, 0.4) is 0 Å². The second kappa shape index (κ2) is 7.77. The van der Waals surface area contributed by atoms with Crippen molar-refractivity contribution in [3.8, 4) is 0 Å². The molecule has 2 heterocycles. The number of nitrogens with one attached hydrogen (secondary N) is 3. The van der Waals surface area contributed by atoms with E-state index in [2.05, 4.69) is 44.4 Å². The first kappa shape index (κ1) is 18.7. The Morgan fingerprint density at radius 2 is 2.00 bits per heavy atom. The Hall–Kier alpha value is -2.64. The molecule has 3 aromatic rings. The van der Waals surface area contributed by atoms with Crippen molar-refractivity contribution in [1.82, 2.24) is 4.98 Å². The number of benzene rings is 2. The van der Waals surface area contributed by atoms with Crippen LogP contribution in [-0.4, -0.2) is 37.1 Å². The van der Waals surface area contributed by atoms with Gasteiger partial charge in [0.05, 0.1) is 19.3 Å². The van der Waals surface area contributed by atoms with Crippen LogP contribution < -0.4 is 10.2 Å². The lowest BCUT2D eigenvalue weighted by Crippen LogP contribution is -3.12. The van der Waals surface area contributed by atoms with Gasteiger partial charge in [-0.1, -0.05) is 40.2 Å². The SMILES string of the molecule is COC(=O)c1[nH]c2ccc(Br)cc2c1NC(=O)C[NH+]1CCc2ccccc2C1. The molecule has 2 aromatic carbocycles. The number of anilines is 1. The number of aromatic nitrogens is 1. The van der Waals surface area contributed by atoms with E-state index < -0.39 is 5.97 Å². The molecule has 0 saturated heterocycles. The van der Waals surface area contributed by atoms with E-state index >= 15 is 0 Å². The Morgan fingerprint density at radius 3 is 2.79 bits per heavy atom. The van der Waals surface area contributed by atoms with Crippen LogP contribution in [0.25, 0.3) is 10.9 Å². The molecule has 3 N–H and O–H groups in total. The highest BCUT2D eigenvalue weighted by Crippen LogP contribution is 2.30. The number of methoxy groups -OCH3 is 1. The molecular weight excluding hydrogens is 422 g/mol. The first-order chi connectivity index (χ1) is 13.5. The minimum Gasteiger partial charge on any atom is -0.464 e. The molecule has 7 heteroatoms. The van der Waals surface area contributed by atoms with E-state index in [9.17, 15) is 9.59 Å². The summed E-state index contributed by atoms with van der Waals surface area (Å²) in [5, 5.41) is 3.70. The Labute approximate surface area is 171 Å². The Balaban J connectivity index is 1.55. The topological polar surface area (TPSA) is 75.6 Å². The Kier molecular flexibility index (Phi) is 5.19. The van der Waals surface area contributed by atoms with Gasteiger partial charge in [0.2, 0.25) is 0 Å². The summed E-state index contributed by atoms with van der Waals surface area (Å²) < 4.78 is 5.73. The molecule has 1 aromatic heterocycles. The molecule has 0 spiro atoms. The van der Waals surface area contributed by atoms with E-state index in [-0.39, 0.29) is 11.6 Å². The molecular formula is C21H21BrN3O3+. The van der Waals surface area contributed by atoms with Gasteiger partial charge in [0.15, 0.2) is 6.54 Å². The fraction of sp³-hybridized carbons (Fsp3) is 0.238. The molecule has 1 atom stereocenters. The summed E-state index contributed by atoms with van der Waals surface area (Å²) in [6, 6.07) is 14.0. The summed E-state index contributed by atoms with van der Waals surface area (Å²) >= 11 is 3.44. The van der Waals surface area contributed by atoms with Gasteiger partial charge in [0.1, 0.15) is 12.2 Å². The van der Waals surface area contributed by atoms with Crippen LogP contribution in [0.4, 0.5) is 5.69 Å². The molecule has 28 heavy (non-hydrogen) atoms. The van der Waals surface area contributed by atoms with Gasteiger partial charge in [-0.2, -0.15) is 0 Å². The van der Waals surface area contributed by atoms with Gasteiger partial charge in [-0.3, -0.25) is 4.79 Å². The number of H-pyrrole nitrogens is 1. The van der Waals surface area contributed by atoms with Crippen molar-refractivity contribution in [3.05, 3.63) is 63.8 Å². The third-order valence-electron chi connectivity index (χ3n) is 5.13. The zero-order valence-electron chi connectivity index (χ0n) is 15.5. The van der Waals surface area contributed by atoms with Crippen molar-refractivity contribution in [2.75, 3.05) is 25.5 Å². The van der Waals surface area contributed by atoms with Crippen molar-refractivity contribution in [1.29, 1.82) is 0 Å². The molecule has 0 fully saturated rings. The first-order valence-electron chi connectivity index (χ1n) is 9.15. The average Bonchev–Trinajstić information content (AvgIpc) is 3.04. The van der Waals surface area contributed by atoms with Crippen LogP contribution in [-0.2, 0) is 22.5 Å². The molecule has 0 radical (unpaired) electrons. The lowest BCUT2D eigenvalue weighted by Gasteiger charge is -2.25. The standard InChI is InChI=1S/C21H20BrN3O3/c1-28-21(27)20-19(16-10-15(22)6-7-17(16)23-20)24-18(26)12-25-9-8-13-4-2-3-5-14(13)11-25/h2-7,10,23H,8-9,11-12H2,1H3,(H,24,26)/p+1. The molecule has 4 rings (SSSR count). The van der Waals surface area contributed by atoms with Crippen LogP contribution in [0.1, 0.15) is 21.6 Å². The number of quaternary nitrogens is 1. The summed E-state index contributed by atoms with van der Waals surface area (Å²) in [4.78, 5) is 29.2.